The van der Waals surface area contributed by atoms with Gasteiger partial charge >= 0.3 is 0 Å². The zero-order valence-corrected chi connectivity index (χ0v) is 8.38. The van der Waals surface area contributed by atoms with Gasteiger partial charge in [-0.1, -0.05) is 23.7 Å². The van der Waals surface area contributed by atoms with Crippen molar-refractivity contribution >= 4 is 45.8 Å². The van der Waals surface area contributed by atoms with Crippen molar-refractivity contribution in [3.05, 3.63) is 28.9 Å². The minimum Gasteiger partial charge on any atom is -0.384 e. The molecule has 2 radical (unpaired) electrons. The van der Waals surface area contributed by atoms with Gasteiger partial charge in [-0.25, -0.2) is 4.98 Å². The lowest BCUT2D eigenvalue weighted by Crippen LogP contribution is -2.01. The van der Waals surface area contributed by atoms with Crippen molar-refractivity contribution in [1.82, 2.24) is 4.98 Å². The summed E-state index contributed by atoms with van der Waals surface area (Å²) >= 11 is 3.34. The SMILES string of the molecule is [B]c1ccc2c(Br)nc(N)cc2c1. The van der Waals surface area contributed by atoms with Gasteiger partial charge in [-0.05, 0) is 27.4 Å². The number of hydrogen-bond acceptors (Lipinski definition) is 2. The number of benzene rings is 1. The highest BCUT2D eigenvalue weighted by Gasteiger charge is 2.00. The summed E-state index contributed by atoms with van der Waals surface area (Å²) in [6, 6.07) is 7.43. The number of hydrogen-bond donors (Lipinski definition) is 1. The molecule has 1 heterocycles. The molecule has 1 aromatic carbocycles. The Morgan fingerprint density at radius 2 is 2.08 bits per heavy atom. The predicted molar refractivity (Wildman–Crippen MR) is 59.2 cm³/mol. The first-order valence-corrected chi connectivity index (χ1v) is 4.57. The molecule has 2 rings (SSSR count). The molecule has 0 aliphatic carbocycles. The molecule has 0 atom stereocenters. The van der Waals surface area contributed by atoms with Gasteiger partial charge in [0.1, 0.15) is 18.3 Å². The highest BCUT2D eigenvalue weighted by molar-refractivity contribution is 9.10. The van der Waals surface area contributed by atoms with E-state index >= 15 is 0 Å². The molecule has 0 fully saturated rings. The number of pyridine rings is 1. The Labute approximate surface area is 85.7 Å². The molecule has 0 aliphatic rings. The number of aromatic nitrogens is 1. The molecule has 0 unspecified atom stereocenters. The van der Waals surface area contributed by atoms with Crippen LogP contribution < -0.4 is 11.2 Å². The molecule has 13 heavy (non-hydrogen) atoms. The molecule has 2 aromatic rings. The second-order valence-electron chi connectivity index (χ2n) is 2.82. The lowest BCUT2D eigenvalue weighted by Gasteiger charge is -2.02. The molecule has 0 saturated heterocycles. The van der Waals surface area contributed by atoms with Crippen molar-refractivity contribution in [1.29, 1.82) is 0 Å². The van der Waals surface area contributed by atoms with E-state index in [9.17, 15) is 0 Å². The average molecular weight is 233 g/mol. The molecule has 1 aromatic heterocycles. The minimum atomic E-state index is 0.491. The Balaban J connectivity index is 2.86. The van der Waals surface area contributed by atoms with Gasteiger partial charge < -0.3 is 5.73 Å². The lowest BCUT2D eigenvalue weighted by atomic mass is 9.94. The van der Waals surface area contributed by atoms with Crippen LogP contribution in [0.5, 0.6) is 0 Å². The minimum absolute atomic E-state index is 0.491. The second kappa shape index (κ2) is 3.03. The number of anilines is 1. The average Bonchev–Trinajstić information content (AvgIpc) is 2.02. The summed E-state index contributed by atoms with van der Waals surface area (Å²) in [5.74, 6) is 0.491. The van der Waals surface area contributed by atoms with Gasteiger partial charge in [-0.15, -0.1) is 0 Å². The topological polar surface area (TPSA) is 38.9 Å². The Kier molecular flexibility index (Phi) is 2.00. The maximum Gasteiger partial charge on any atom is 0.125 e. The summed E-state index contributed by atoms with van der Waals surface area (Å²) in [7, 11) is 5.65. The predicted octanol–water partition coefficient (Wildman–Crippen LogP) is 1.37. The van der Waals surface area contributed by atoms with E-state index in [0.717, 1.165) is 20.8 Å². The summed E-state index contributed by atoms with van der Waals surface area (Å²) in [5.41, 5.74) is 6.32. The third-order valence-electron chi connectivity index (χ3n) is 1.83. The summed E-state index contributed by atoms with van der Waals surface area (Å²) in [6.07, 6.45) is 0. The van der Waals surface area contributed by atoms with Crippen LogP contribution in [0.2, 0.25) is 0 Å². The quantitative estimate of drug-likeness (QED) is 0.551. The van der Waals surface area contributed by atoms with E-state index in [1.54, 1.807) is 6.07 Å². The largest absolute Gasteiger partial charge is 0.384 e. The van der Waals surface area contributed by atoms with E-state index in [2.05, 4.69) is 20.9 Å². The van der Waals surface area contributed by atoms with Crippen molar-refractivity contribution in [3.63, 3.8) is 0 Å². The van der Waals surface area contributed by atoms with E-state index in [4.69, 9.17) is 13.6 Å². The number of nitrogens with two attached hydrogens (primary N) is 1. The molecule has 0 amide bonds. The van der Waals surface area contributed by atoms with Gasteiger partial charge in [0.2, 0.25) is 0 Å². The smallest absolute Gasteiger partial charge is 0.125 e. The Hall–Kier alpha value is -1.03. The number of nitrogens with zero attached hydrogens (tertiary/aromatic N) is 1. The van der Waals surface area contributed by atoms with Gasteiger partial charge in [0, 0.05) is 5.39 Å². The van der Waals surface area contributed by atoms with Crippen LogP contribution in [0, 0.1) is 0 Å². The van der Waals surface area contributed by atoms with E-state index in [0.29, 0.717) is 5.82 Å². The normalized spacial score (nSPS) is 10.5. The highest BCUT2D eigenvalue weighted by Crippen LogP contribution is 2.22. The van der Waals surface area contributed by atoms with Crippen LogP contribution in [0.15, 0.2) is 28.9 Å². The highest BCUT2D eigenvalue weighted by atomic mass is 79.9. The number of rotatable bonds is 0. The molecule has 2 N–H and O–H groups in total. The molecule has 4 heteroatoms. The molecular weight excluding hydrogens is 227 g/mol. The Morgan fingerprint density at radius 3 is 2.85 bits per heavy atom. The molecule has 0 aliphatic heterocycles. The molecule has 0 saturated carbocycles. The maximum atomic E-state index is 5.65. The summed E-state index contributed by atoms with van der Waals surface area (Å²) < 4.78 is 0.752. The van der Waals surface area contributed by atoms with Crippen molar-refractivity contribution < 1.29 is 0 Å². The van der Waals surface area contributed by atoms with E-state index in [1.807, 2.05) is 18.2 Å². The summed E-state index contributed by atoms with van der Waals surface area (Å²) in [4.78, 5) is 4.09. The zero-order chi connectivity index (χ0) is 9.42. The molecule has 2 nitrogen and oxygen atoms in total. The van der Waals surface area contributed by atoms with Crippen LogP contribution in [-0.4, -0.2) is 12.8 Å². The fraction of sp³-hybridized carbons (Fsp3) is 0. The fourth-order valence-electron chi connectivity index (χ4n) is 1.25. The molecule has 0 bridgehead atoms. The van der Waals surface area contributed by atoms with Crippen LogP contribution in [0.4, 0.5) is 5.82 Å². The van der Waals surface area contributed by atoms with Crippen molar-refractivity contribution in [2.75, 3.05) is 5.73 Å². The molecule has 0 spiro atoms. The van der Waals surface area contributed by atoms with Crippen LogP contribution in [-0.2, 0) is 0 Å². The maximum absolute atomic E-state index is 5.65. The molecular formula is C9H6BBrN2. The summed E-state index contributed by atoms with van der Waals surface area (Å²) in [5, 5.41) is 2.02. The van der Waals surface area contributed by atoms with Gasteiger partial charge in [0.05, 0.1) is 0 Å². The van der Waals surface area contributed by atoms with E-state index in [1.165, 1.54) is 0 Å². The van der Waals surface area contributed by atoms with Crippen LogP contribution in [0.25, 0.3) is 10.8 Å². The fourth-order valence-corrected chi connectivity index (χ4v) is 1.82. The zero-order valence-electron chi connectivity index (χ0n) is 6.79. The monoisotopic (exact) mass is 232 g/mol. The Morgan fingerprint density at radius 1 is 1.31 bits per heavy atom. The first-order chi connectivity index (χ1) is 6.16. The van der Waals surface area contributed by atoms with Crippen LogP contribution in [0.3, 0.4) is 0 Å². The van der Waals surface area contributed by atoms with Crippen LogP contribution in [0.1, 0.15) is 0 Å². The van der Waals surface area contributed by atoms with E-state index in [-0.39, 0.29) is 0 Å². The third-order valence-corrected chi connectivity index (χ3v) is 2.43. The second-order valence-corrected chi connectivity index (χ2v) is 3.57. The van der Waals surface area contributed by atoms with Gasteiger partial charge in [-0.3, -0.25) is 0 Å². The van der Waals surface area contributed by atoms with Crippen molar-refractivity contribution in [2.45, 2.75) is 0 Å². The number of nitrogen functional groups attached to an aromatic ring is 1. The number of fused-ring (bicyclic) bond motifs is 1. The third kappa shape index (κ3) is 1.54. The first kappa shape index (κ1) is 8.57. The van der Waals surface area contributed by atoms with Gasteiger partial charge in [0.15, 0.2) is 0 Å². The standard InChI is InChI=1S/C9H6BBrN2/c10-6-1-2-7-5(3-6)4-8(12)13-9(7)11/h1-4H,(H2,12,13). The van der Waals surface area contributed by atoms with Crippen LogP contribution >= 0.6 is 15.9 Å². The Bertz CT molecular complexity index is 465. The lowest BCUT2D eigenvalue weighted by molar-refractivity contribution is 1.32. The van der Waals surface area contributed by atoms with E-state index < -0.39 is 0 Å². The van der Waals surface area contributed by atoms with Gasteiger partial charge in [-0.2, -0.15) is 0 Å². The molecule has 62 valence electrons. The van der Waals surface area contributed by atoms with Crippen molar-refractivity contribution in [3.8, 4) is 0 Å². The van der Waals surface area contributed by atoms with Gasteiger partial charge in [0.25, 0.3) is 0 Å². The number of halogens is 1. The van der Waals surface area contributed by atoms with Crippen molar-refractivity contribution in [2.24, 2.45) is 0 Å². The summed E-state index contributed by atoms with van der Waals surface area (Å²) in [6.45, 7) is 0. The first-order valence-electron chi connectivity index (χ1n) is 3.78.